The van der Waals surface area contributed by atoms with Crippen molar-refractivity contribution in [1.29, 1.82) is 0 Å². The van der Waals surface area contributed by atoms with E-state index in [1.54, 1.807) is 38.1 Å². The van der Waals surface area contributed by atoms with Crippen LogP contribution in [0.4, 0.5) is 0 Å². The molecule has 7 heteroatoms. The van der Waals surface area contributed by atoms with Crippen molar-refractivity contribution in [3.8, 4) is 0 Å². The first-order valence-electron chi connectivity index (χ1n) is 8.63. The number of carbonyl (C=O) groups is 1. The van der Waals surface area contributed by atoms with Gasteiger partial charge in [-0.05, 0) is 51.3 Å². The monoisotopic (exact) mass is 392 g/mol. The van der Waals surface area contributed by atoms with Crippen LogP contribution in [0.2, 0.25) is 0 Å². The van der Waals surface area contributed by atoms with Crippen LogP contribution in [0.1, 0.15) is 55.1 Å². The molecule has 27 heavy (non-hydrogen) atoms. The molecule has 0 heterocycles. The highest BCUT2D eigenvalue weighted by Crippen LogP contribution is 2.28. The van der Waals surface area contributed by atoms with E-state index in [9.17, 15) is 23.4 Å². The number of hydrogen-bond donors (Lipinski definition) is 2. The van der Waals surface area contributed by atoms with Gasteiger partial charge in [0.1, 0.15) is 4.90 Å². The maximum Gasteiger partial charge on any atom is 0.354 e. The summed E-state index contributed by atoms with van der Waals surface area (Å²) in [6.07, 6.45) is 0.169. The quantitative estimate of drug-likeness (QED) is 0.669. The van der Waals surface area contributed by atoms with E-state index in [0.717, 1.165) is 0 Å². The van der Waals surface area contributed by atoms with Gasteiger partial charge in [0.05, 0.1) is 17.3 Å². The zero-order chi connectivity index (χ0) is 20.1. The Labute approximate surface area is 159 Å². The molecule has 0 aliphatic heterocycles. The lowest BCUT2D eigenvalue weighted by molar-refractivity contribution is 0.0615. The number of aliphatic hydroxyl groups excluding tert-OH is 1. The van der Waals surface area contributed by atoms with Crippen molar-refractivity contribution in [3.05, 3.63) is 65.7 Å². The first-order chi connectivity index (χ1) is 12.6. The summed E-state index contributed by atoms with van der Waals surface area (Å²) in [5, 5.41) is 20.2. The minimum Gasteiger partial charge on any atom is -0.390 e. The van der Waals surface area contributed by atoms with Crippen LogP contribution >= 0.6 is 0 Å². The maximum atomic E-state index is 12.6. The highest BCUT2D eigenvalue weighted by atomic mass is 32.2. The Morgan fingerprint density at radius 3 is 2.30 bits per heavy atom. The third-order valence-electron chi connectivity index (χ3n) is 4.01. The molecule has 2 rings (SSSR count). The van der Waals surface area contributed by atoms with Gasteiger partial charge in [-0.25, -0.2) is 4.79 Å². The molecule has 2 aromatic rings. The Hall–Kier alpha value is -2.22. The second-order valence-electron chi connectivity index (χ2n) is 6.95. The second-order valence-corrected chi connectivity index (χ2v) is 8.46. The molecule has 0 aromatic heterocycles. The molecule has 146 valence electrons. The molecule has 2 N–H and O–H groups in total. The number of benzene rings is 2. The second kappa shape index (κ2) is 8.65. The lowest BCUT2D eigenvalue weighted by Gasteiger charge is -2.19. The predicted molar refractivity (Wildman–Crippen MR) is 101 cm³/mol. The Morgan fingerprint density at radius 2 is 1.67 bits per heavy atom. The van der Waals surface area contributed by atoms with Crippen LogP contribution in [0.5, 0.6) is 0 Å². The number of aliphatic hydroxyl groups is 2. The first kappa shape index (κ1) is 21.1. The molecular formula is C20H24O6S. The molecule has 0 fully saturated rings. The van der Waals surface area contributed by atoms with Crippen LogP contribution in [0.15, 0.2) is 59.5 Å². The molecule has 0 bridgehead atoms. The summed E-state index contributed by atoms with van der Waals surface area (Å²) in [5.41, 5.74) is -0.588. The van der Waals surface area contributed by atoms with E-state index in [-0.39, 0.29) is 22.4 Å². The van der Waals surface area contributed by atoms with Gasteiger partial charge in [0, 0.05) is 5.56 Å². The highest BCUT2D eigenvalue weighted by molar-refractivity contribution is 7.87. The molecule has 0 saturated heterocycles. The van der Waals surface area contributed by atoms with Crippen LogP contribution in [-0.4, -0.2) is 30.2 Å². The SMILES string of the molecule is CC(C)(O)CCCC(O)c1ccccc1S(=O)(=O)OC(=O)c1ccccc1. The Kier molecular flexibility index (Phi) is 6.75. The van der Waals surface area contributed by atoms with E-state index in [1.165, 1.54) is 30.3 Å². The Morgan fingerprint density at radius 1 is 1.07 bits per heavy atom. The molecule has 0 amide bonds. The fraction of sp³-hybridized carbons (Fsp3) is 0.350. The van der Waals surface area contributed by atoms with Crippen molar-refractivity contribution in [2.24, 2.45) is 0 Å². The zero-order valence-corrected chi connectivity index (χ0v) is 16.1. The van der Waals surface area contributed by atoms with Crippen LogP contribution in [0, 0.1) is 0 Å². The average Bonchev–Trinajstić information content (AvgIpc) is 2.61. The van der Waals surface area contributed by atoms with Crippen LogP contribution in [-0.2, 0) is 14.3 Å². The zero-order valence-electron chi connectivity index (χ0n) is 15.3. The largest absolute Gasteiger partial charge is 0.390 e. The van der Waals surface area contributed by atoms with Gasteiger partial charge < -0.3 is 14.4 Å². The molecule has 0 aliphatic rings. The van der Waals surface area contributed by atoms with Gasteiger partial charge >= 0.3 is 16.1 Å². The molecule has 0 saturated carbocycles. The van der Waals surface area contributed by atoms with Gasteiger partial charge in [-0.3, -0.25) is 0 Å². The summed E-state index contributed by atoms with van der Waals surface area (Å²) in [7, 11) is -4.40. The normalized spacial score (nSPS) is 13.2. The van der Waals surface area contributed by atoms with Crippen molar-refractivity contribution in [2.75, 3.05) is 0 Å². The molecule has 6 nitrogen and oxygen atoms in total. The molecular weight excluding hydrogens is 368 g/mol. The van der Waals surface area contributed by atoms with Crippen molar-refractivity contribution in [2.45, 2.75) is 49.7 Å². The lowest BCUT2D eigenvalue weighted by Crippen LogP contribution is -2.19. The van der Waals surface area contributed by atoms with E-state index >= 15 is 0 Å². The third-order valence-corrected chi connectivity index (χ3v) is 5.29. The summed E-state index contributed by atoms with van der Waals surface area (Å²) in [5.74, 6) is -0.984. The standard InChI is InChI=1S/C20H24O6S/c1-20(2,23)14-8-12-17(21)16-11-6-7-13-18(16)27(24,25)26-19(22)15-9-4-3-5-10-15/h3-7,9-11,13,17,21,23H,8,12,14H2,1-2H3. The van der Waals surface area contributed by atoms with Crippen LogP contribution in [0.3, 0.4) is 0 Å². The molecule has 0 radical (unpaired) electrons. The molecule has 2 aromatic carbocycles. The summed E-state index contributed by atoms with van der Waals surface area (Å²) in [6.45, 7) is 3.33. The fourth-order valence-corrected chi connectivity index (χ4v) is 3.76. The summed E-state index contributed by atoms with van der Waals surface area (Å²) >= 11 is 0. The van der Waals surface area contributed by atoms with Crippen molar-refractivity contribution in [1.82, 2.24) is 0 Å². The van der Waals surface area contributed by atoms with Crippen LogP contribution < -0.4 is 0 Å². The van der Waals surface area contributed by atoms with Crippen molar-refractivity contribution < 1.29 is 27.6 Å². The van der Waals surface area contributed by atoms with Crippen molar-refractivity contribution in [3.63, 3.8) is 0 Å². The predicted octanol–water partition coefficient (Wildman–Crippen LogP) is 3.21. The minimum atomic E-state index is -4.40. The Bertz CT molecular complexity index is 869. The van der Waals surface area contributed by atoms with E-state index in [1.807, 2.05) is 0 Å². The summed E-state index contributed by atoms with van der Waals surface area (Å²) in [6, 6.07) is 13.7. The molecule has 0 aliphatic carbocycles. The Balaban J connectivity index is 2.19. The van der Waals surface area contributed by atoms with E-state index < -0.39 is 27.8 Å². The molecule has 0 spiro atoms. The van der Waals surface area contributed by atoms with E-state index in [0.29, 0.717) is 12.8 Å². The van der Waals surface area contributed by atoms with Gasteiger partial charge in [0.2, 0.25) is 0 Å². The van der Waals surface area contributed by atoms with E-state index in [4.69, 9.17) is 4.18 Å². The summed E-state index contributed by atoms with van der Waals surface area (Å²) in [4.78, 5) is 11.9. The van der Waals surface area contributed by atoms with Gasteiger partial charge in [-0.1, -0.05) is 36.4 Å². The highest BCUT2D eigenvalue weighted by Gasteiger charge is 2.27. The number of rotatable bonds is 8. The van der Waals surface area contributed by atoms with Gasteiger partial charge in [-0.2, -0.15) is 8.42 Å². The van der Waals surface area contributed by atoms with Gasteiger partial charge in [0.25, 0.3) is 0 Å². The smallest absolute Gasteiger partial charge is 0.354 e. The third kappa shape index (κ3) is 6.16. The maximum absolute atomic E-state index is 12.6. The van der Waals surface area contributed by atoms with Gasteiger partial charge in [-0.15, -0.1) is 0 Å². The topological polar surface area (TPSA) is 101 Å². The lowest BCUT2D eigenvalue weighted by atomic mass is 9.97. The first-order valence-corrected chi connectivity index (χ1v) is 10.0. The van der Waals surface area contributed by atoms with E-state index in [2.05, 4.69) is 0 Å². The van der Waals surface area contributed by atoms with Crippen molar-refractivity contribution >= 4 is 16.1 Å². The molecule has 1 unspecified atom stereocenters. The summed E-state index contributed by atoms with van der Waals surface area (Å²) < 4.78 is 29.9. The fourth-order valence-electron chi connectivity index (χ4n) is 2.63. The number of hydrogen-bond acceptors (Lipinski definition) is 6. The molecule has 1 atom stereocenters. The van der Waals surface area contributed by atoms with Crippen LogP contribution in [0.25, 0.3) is 0 Å². The minimum absolute atomic E-state index is 0.115. The number of carbonyl (C=O) groups excluding carboxylic acids is 1. The van der Waals surface area contributed by atoms with Gasteiger partial charge in [0.15, 0.2) is 0 Å². The average molecular weight is 392 g/mol.